The van der Waals surface area contributed by atoms with Gasteiger partial charge in [0.25, 0.3) is 12.3 Å². The van der Waals surface area contributed by atoms with Crippen LogP contribution in [0.4, 0.5) is 8.78 Å². The van der Waals surface area contributed by atoms with Gasteiger partial charge in [0.15, 0.2) is 0 Å². The third-order valence-corrected chi connectivity index (χ3v) is 6.23. The number of aliphatic hydroxyl groups is 1. The summed E-state index contributed by atoms with van der Waals surface area (Å²) < 4.78 is 26.5. The Labute approximate surface area is 141 Å². The molecule has 4 saturated carbocycles. The molecule has 3 nitrogen and oxygen atoms in total. The van der Waals surface area contributed by atoms with E-state index in [0.717, 1.165) is 37.6 Å². The Morgan fingerprint density at radius 2 is 1.92 bits per heavy atom. The lowest BCUT2D eigenvalue weighted by Gasteiger charge is -2.58. The zero-order chi connectivity index (χ0) is 17.1. The fourth-order valence-electron chi connectivity index (χ4n) is 5.52. The first-order valence-corrected chi connectivity index (χ1v) is 8.76. The monoisotopic (exact) mass is 333 g/mol. The van der Waals surface area contributed by atoms with Gasteiger partial charge < -0.3 is 10.4 Å². The number of hydrogen-bond acceptors (Lipinski definition) is 2. The van der Waals surface area contributed by atoms with Gasteiger partial charge >= 0.3 is 0 Å². The Balaban J connectivity index is 1.55. The largest absolute Gasteiger partial charge is 0.390 e. The van der Waals surface area contributed by atoms with Crippen molar-refractivity contribution in [3.05, 3.63) is 29.3 Å². The number of halogens is 2. The van der Waals surface area contributed by atoms with E-state index in [2.05, 4.69) is 5.32 Å². The van der Waals surface area contributed by atoms with E-state index in [1.165, 1.54) is 12.1 Å². The summed E-state index contributed by atoms with van der Waals surface area (Å²) in [5.74, 6) is 0.683. The quantitative estimate of drug-likeness (QED) is 0.825. The molecule has 1 aromatic carbocycles. The summed E-state index contributed by atoms with van der Waals surface area (Å²) in [5.41, 5.74) is 0.0344. The lowest BCUT2D eigenvalue weighted by molar-refractivity contribution is -0.136. The Morgan fingerprint density at radius 1 is 1.25 bits per heavy atom. The fraction of sp³-hybridized carbons (Fsp3) is 0.611. The molecule has 1 amide bonds. The first-order valence-electron chi connectivity index (χ1n) is 8.76. The van der Waals surface area contributed by atoms with Crippen LogP contribution in [0.25, 0.3) is 0 Å². The second-order valence-electron chi connectivity index (χ2n) is 8.08. The minimum Gasteiger partial charge on any atom is -0.390 e. The number of carbonyl (C=O) groups excluding carboxylic acids is 1. The van der Waals surface area contributed by atoms with Gasteiger partial charge in [0.05, 0.1) is 5.60 Å². The predicted molar refractivity (Wildman–Crippen MR) is 89.3 cm³/mol. The van der Waals surface area contributed by atoms with E-state index >= 15 is 0 Å². The molecule has 0 aromatic heterocycles. The van der Waals surface area contributed by atoms with Gasteiger partial charge in [-0.25, -0.2) is 8.78 Å². The van der Waals surface area contributed by atoms with Crippen molar-refractivity contribution in [1.82, 2.24) is 5.32 Å². The van der Waals surface area contributed by atoms with Crippen molar-refractivity contribution in [3.63, 3.8) is 0 Å². The van der Waals surface area contributed by atoms with Gasteiger partial charge in [0.1, 0.15) is 7.85 Å². The molecule has 2 N–H and O–H groups in total. The smallest absolute Gasteiger partial charge is 0.264 e. The molecule has 4 bridgehead atoms. The van der Waals surface area contributed by atoms with E-state index in [1.54, 1.807) is 13.9 Å². The molecule has 2 unspecified atom stereocenters. The summed E-state index contributed by atoms with van der Waals surface area (Å²) in [6.07, 6.45) is 1.72. The SMILES string of the molecule is Bc1ccc(C(=O)N[C@H]2C3CC4CC2C[C@](O)(C4)C3)c(C(F)F)c1. The zero-order valence-electron chi connectivity index (χ0n) is 13.8. The number of alkyl halides is 2. The summed E-state index contributed by atoms with van der Waals surface area (Å²) in [4.78, 5) is 12.6. The molecule has 4 aliphatic rings. The van der Waals surface area contributed by atoms with Crippen LogP contribution in [-0.2, 0) is 0 Å². The average Bonchev–Trinajstić information content (AvgIpc) is 2.48. The normalized spacial score (nSPS) is 37.0. The van der Waals surface area contributed by atoms with Gasteiger partial charge in [-0.1, -0.05) is 17.6 Å². The van der Waals surface area contributed by atoms with Crippen LogP contribution in [-0.4, -0.2) is 30.5 Å². The summed E-state index contributed by atoms with van der Waals surface area (Å²) in [6.45, 7) is 0. The second kappa shape index (κ2) is 5.55. The minimum atomic E-state index is -2.66. The van der Waals surface area contributed by atoms with Crippen LogP contribution in [0.3, 0.4) is 0 Å². The summed E-state index contributed by atoms with van der Waals surface area (Å²) in [7, 11) is 1.74. The molecule has 4 fully saturated rings. The Bertz CT molecular complexity index is 665. The molecule has 24 heavy (non-hydrogen) atoms. The third-order valence-electron chi connectivity index (χ3n) is 6.23. The Hall–Kier alpha value is -1.43. The molecule has 0 spiro atoms. The van der Waals surface area contributed by atoms with Crippen molar-refractivity contribution < 1.29 is 18.7 Å². The number of rotatable bonds is 3. The first-order chi connectivity index (χ1) is 11.3. The van der Waals surface area contributed by atoms with Crippen molar-refractivity contribution >= 4 is 19.2 Å². The predicted octanol–water partition coefficient (Wildman–Crippen LogP) is 1.55. The molecule has 2 atom stereocenters. The molecule has 4 aliphatic carbocycles. The van der Waals surface area contributed by atoms with E-state index in [1.807, 2.05) is 0 Å². The topological polar surface area (TPSA) is 49.3 Å². The molecular weight excluding hydrogens is 311 g/mol. The molecule has 0 heterocycles. The van der Waals surface area contributed by atoms with Crippen LogP contribution in [0.15, 0.2) is 18.2 Å². The van der Waals surface area contributed by atoms with Gasteiger partial charge in [-0.3, -0.25) is 4.79 Å². The van der Waals surface area contributed by atoms with Crippen molar-refractivity contribution in [2.45, 2.75) is 50.2 Å². The van der Waals surface area contributed by atoms with Gasteiger partial charge in [-0.15, -0.1) is 0 Å². The van der Waals surface area contributed by atoms with E-state index in [0.29, 0.717) is 5.92 Å². The molecule has 5 rings (SSSR count). The van der Waals surface area contributed by atoms with Crippen molar-refractivity contribution in [2.24, 2.45) is 17.8 Å². The highest BCUT2D eigenvalue weighted by atomic mass is 19.3. The average molecular weight is 333 g/mol. The molecule has 128 valence electrons. The van der Waals surface area contributed by atoms with Crippen molar-refractivity contribution in [3.8, 4) is 0 Å². The zero-order valence-corrected chi connectivity index (χ0v) is 13.8. The lowest BCUT2D eigenvalue weighted by atomic mass is 9.52. The van der Waals surface area contributed by atoms with E-state index < -0.39 is 17.9 Å². The van der Waals surface area contributed by atoms with Gasteiger partial charge in [0.2, 0.25) is 0 Å². The lowest BCUT2D eigenvalue weighted by Crippen LogP contribution is -2.61. The number of nitrogens with one attached hydrogen (secondary N) is 1. The Kier molecular flexibility index (Phi) is 3.71. The fourth-order valence-corrected chi connectivity index (χ4v) is 5.52. The number of hydrogen-bond donors (Lipinski definition) is 2. The maximum atomic E-state index is 13.3. The van der Waals surface area contributed by atoms with Crippen LogP contribution >= 0.6 is 0 Å². The number of carbonyl (C=O) groups is 1. The van der Waals surface area contributed by atoms with Crippen LogP contribution in [0.1, 0.15) is 54.5 Å². The number of amides is 1. The highest BCUT2D eigenvalue weighted by Crippen LogP contribution is 2.55. The van der Waals surface area contributed by atoms with E-state index in [4.69, 9.17) is 0 Å². The maximum absolute atomic E-state index is 13.3. The van der Waals surface area contributed by atoms with Gasteiger partial charge in [0, 0.05) is 17.2 Å². The first kappa shape index (κ1) is 16.1. The van der Waals surface area contributed by atoms with Crippen molar-refractivity contribution in [1.29, 1.82) is 0 Å². The maximum Gasteiger partial charge on any atom is 0.264 e. The molecule has 6 heteroatoms. The summed E-state index contributed by atoms with van der Waals surface area (Å²) >= 11 is 0. The van der Waals surface area contributed by atoms with Crippen LogP contribution < -0.4 is 10.8 Å². The number of benzene rings is 1. The van der Waals surface area contributed by atoms with Crippen molar-refractivity contribution in [2.75, 3.05) is 0 Å². The van der Waals surface area contributed by atoms with Gasteiger partial charge in [-0.05, 0) is 55.9 Å². The third kappa shape index (κ3) is 2.65. The molecule has 0 saturated heterocycles. The summed E-state index contributed by atoms with van der Waals surface area (Å²) in [6, 6.07) is 4.58. The molecule has 1 aromatic rings. The minimum absolute atomic E-state index is 0.00107. The summed E-state index contributed by atoms with van der Waals surface area (Å²) in [5, 5.41) is 13.6. The van der Waals surface area contributed by atoms with Gasteiger partial charge in [-0.2, -0.15) is 0 Å². The van der Waals surface area contributed by atoms with E-state index in [9.17, 15) is 18.7 Å². The van der Waals surface area contributed by atoms with Crippen LogP contribution in [0, 0.1) is 17.8 Å². The standard InChI is InChI=1S/C18H22BF2NO2/c19-12-1-2-13(14(5-12)16(20)21)17(23)22-15-10-3-9-4-11(15)8-18(24,6-9)7-10/h1-2,5,9-11,15-16,24H,3-4,6-8,19H2,(H,22,23)/t9?,10?,11?,15-,18-. The molecule has 0 radical (unpaired) electrons. The van der Waals surface area contributed by atoms with Crippen LogP contribution in [0.2, 0.25) is 0 Å². The molecular formula is C18H22BF2NO2. The Morgan fingerprint density at radius 3 is 2.50 bits per heavy atom. The van der Waals surface area contributed by atoms with Crippen LogP contribution in [0.5, 0.6) is 0 Å². The highest BCUT2D eigenvalue weighted by Gasteiger charge is 2.55. The molecule has 0 aliphatic heterocycles. The van der Waals surface area contributed by atoms with E-state index in [-0.39, 0.29) is 29.0 Å². The second-order valence-corrected chi connectivity index (χ2v) is 8.08. The highest BCUT2D eigenvalue weighted by molar-refractivity contribution is 6.32.